The number of carbonyl (C=O) groups excluding carboxylic acids is 9. The van der Waals surface area contributed by atoms with E-state index in [1.54, 1.807) is 57.2 Å². The van der Waals surface area contributed by atoms with E-state index < -0.39 is 106 Å². The van der Waals surface area contributed by atoms with Gasteiger partial charge in [-0.1, -0.05) is 65.8 Å². The molecule has 0 unspecified atom stereocenters. The standard InChI is InChI=1S/2C35H44N4O8.Na/c2*1-7-21-17-35(21,20(3)40)38-30(41)27-15-23(46-28-16-26(32(43)44)36-25-14-19(2)12-13-24(25)28)18-39(27)31(42)29(34(4,5)6)37-33(45)47-22-10-8-9-11-22;/h2*7,12-14,16,21-23,27,29H,1,8-11,15,17-18H2,2-6H3,(H,37,45)(H,38,41)(H,43,44);/q;;+1/p-1/t2*21-,23-,27+,29-,35+;/m11./s1. The second kappa shape index (κ2) is 29.2. The maximum absolute atomic E-state index is 14.4. The van der Waals surface area contributed by atoms with Gasteiger partial charge in [-0.05, 0) is 138 Å². The first-order valence-corrected chi connectivity index (χ1v) is 32.3. The molecule has 0 bridgehead atoms. The average Bonchev–Trinajstić information content (AvgIpc) is 1.61. The minimum Gasteiger partial charge on any atom is -0.543 e. The number of aromatic carboxylic acids is 2. The Morgan fingerprint density at radius 1 is 0.600 bits per heavy atom. The Kier molecular flexibility index (Phi) is 22.4. The molecule has 4 aromatic rings. The van der Waals surface area contributed by atoms with Crippen molar-refractivity contribution in [3.05, 3.63) is 96.4 Å². The van der Waals surface area contributed by atoms with Gasteiger partial charge < -0.3 is 65.0 Å². The molecule has 10 rings (SSSR count). The van der Waals surface area contributed by atoms with Crippen molar-refractivity contribution in [1.29, 1.82) is 0 Å². The molecule has 5 N–H and O–H groups in total. The van der Waals surface area contributed by atoms with Gasteiger partial charge in [-0.3, -0.25) is 28.8 Å². The van der Waals surface area contributed by atoms with Gasteiger partial charge in [0.1, 0.15) is 71.2 Å². The van der Waals surface area contributed by atoms with Gasteiger partial charge in [0.25, 0.3) is 0 Å². The maximum Gasteiger partial charge on any atom is 1.00 e. The number of aryl methyl sites for hydroxylation is 2. The summed E-state index contributed by atoms with van der Waals surface area (Å²) < 4.78 is 23.9. The summed E-state index contributed by atoms with van der Waals surface area (Å²) in [5.74, 6) is -5.16. The third-order valence-electron chi connectivity index (χ3n) is 19.0. The minimum atomic E-state index is -1.47. The van der Waals surface area contributed by atoms with Crippen molar-refractivity contribution in [2.24, 2.45) is 22.7 Å². The van der Waals surface area contributed by atoms with E-state index >= 15 is 0 Å². The van der Waals surface area contributed by atoms with Gasteiger partial charge in [0.05, 0.1) is 35.8 Å². The van der Waals surface area contributed by atoms with Gasteiger partial charge in [0.2, 0.25) is 23.6 Å². The second-order valence-corrected chi connectivity index (χ2v) is 28.2. The van der Waals surface area contributed by atoms with Crippen LogP contribution in [0.25, 0.3) is 21.8 Å². The van der Waals surface area contributed by atoms with Crippen LogP contribution < -0.4 is 65.4 Å². The van der Waals surface area contributed by atoms with E-state index in [0.717, 1.165) is 62.5 Å². The minimum absolute atomic E-state index is 0. The van der Waals surface area contributed by atoms with Gasteiger partial charge in [-0.2, -0.15) is 0 Å². The number of aromatic nitrogens is 2. The number of pyridine rings is 2. The fourth-order valence-corrected chi connectivity index (χ4v) is 13.4. The number of fused-ring (bicyclic) bond motifs is 2. The number of hydrogen-bond donors (Lipinski definition) is 5. The van der Waals surface area contributed by atoms with E-state index in [9.17, 15) is 58.2 Å². The number of ether oxygens (including phenoxy) is 4. The molecular formula is C70H87N8NaO16. The summed E-state index contributed by atoms with van der Waals surface area (Å²) in [6, 6.07) is 9.15. The number of hydrogen-bond acceptors (Lipinski definition) is 17. The smallest absolute Gasteiger partial charge is 0.543 e. The Morgan fingerprint density at radius 3 is 1.29 bits per heavy atom. The number of amides is 6. The van der Waals surface area contributed by atoms with E-state index in [-0.39, 0.29) is 114 Å². The van der Waals surface area contributed by atoms with Gasteiger partial charge in [-0.25, -0.2) is 24.4 Å². The Labute approximate surface area is 575 Å². The average molecular weight is 1320 g/mol. The van der Waals surface area contributed by atoms with Crippen LogP contribution in [0.5, 0.6) is 11.5 Å². The van der Waals surface area contributed by atoms with Crippen LogP contribution in [0.15, 0.2) is 73.8 Å². The molecule has 0 spiro atoms. The Balaban J connectivity index is 0.000000241. The summed E-state index contributed by atoms with van der Waals surface area (Å²) in [7, 11) is 0. The zero-order valence-electron chi connectivity index (χ0n) is 56.2. The van der Waals surface area contributed by atoms with E-state index in [2.05, 4.69) is 44.4 Å². The number of Topliss-reactive ketones (excluding diaryl/α,β-unsaturated/α-hetero) is 2. The van der Waals surface area contributed by atoms with E-state index in [4.69, 9.17) is 18.9 Å². The third-order valence-corrected chi connectivity index (χ3v) is 19.0. The van der Waals surface area contributed by atoms with Crippen LogP contribution in [0.1, 0.15) is 165 Å². The molecule has 4 aliphatic carbocycles. The summed E-state index contributed by atoms with van der Waals surface area (Å²) in [5, 5.41) is 34.0. The molecule has 6 amide bonds. The Hall–Kier alpha value is -7.96. The predicted octanol–water partition coefficient (Wildman–Crippen LogP) is 4.32. The van der Waals surface area contributed by atoms with Crippen molar-refractivity contribution >= 4 is 81.1 Å². The molecule has 4 saturated carbocycles. The molecule has 10 atom stereocenters. The van der Waals surface area contributed by atoms with Crippen LogP contribution in [0.3, 0.4) is 0 Å². The third kappa shape index (κ3) is 16.5. The molecule has 2 saturated heterocycles. The SMILES string of the molecule is C=C[C@@H]1C[C@]1(NC(=O)[C@@H]1C[C@@H](Oc2cc(C(=O)O)nc3cc(C)ccc23)CN1C(=O)[C@@H](NC(=O)OC1CCCC1)C(C)(C)C)C(C)=O.C=C[C@@H]1C[C@]1(NC(=O)[C@@H]1C[C@@H](Oc2cc(C(=O)[O-])nc3cc(C)ccc23)CN1C(=O)[C@@H](NC(=O)OC1CCCC1)C(C)(C)C)C(C)=O.[Na+]. The van der Waals surface area contributed by atoms with Crippen molar-refractivity contribution < 1.29 is 107 Å². The zero-order valence-corrected chi connectivity index (χ0v) is 58.2. The fraction of sp³-hybridized carbons (Fsp3) is 0.543. The van der Waals surface area contributed by atoms with E-state index in [0.29, 0.717) is 34.6 Å². The molecule has 6 aliphatic rings. The number of rotatable bonds is 20. The number of alkyl carbamates (subject to hydrolysis) is 2. The van der Waals surface area contributed by atoms with Crippen molar-refractivity contribution in [2.75, 3.05) is 13.1 Å². The topological polar surface area (TPSA) is 331 Å². The zero-order chi connectivity index (χ0) is 68.5. The maximum atomic E-state index is 14.4. The summed E-state index contributed by atoms with van der Waals surface area (Å²) in [6.45, 7) is 24.9. The number of ketones is 2. The van der Waals surface area contributed by atoms with Crippen LogP contribution in [-0.2, 0) is 38.2 Å². The molecule has 0 radical (unpaired) electrons. The summed E-state index contributed by atoms with van der Waals surface area (Å²) in [4.78, 5) is 143. The molecule has 6 fully saturated rings. The molecule has 2 aromatic heterocycles. The van der Waals surface area contributed by atoms with Crippen molar-refractivity contribution in [1.82, 2.24) is 41.0 Å². The number of carbonyl (C=O) groups is 10. The van der Waals surface area contributed by atoms with Crippen molar-refractivity contribution in [3.63, 3.8) is 0 Å². The van der Waals surface area contributed by atoms with Crippen LogP contribution >= 0.6 is 0 Å². The Morgan fingerprint density at radius 2 is 0.968 bits per heavy atom. The molecule has 24 nitrogen and oxygen atoms in total. The first-order chi connectivity index (χ1) is 44.2. The van der Waals surface area contributed by atoms with Gasteiger partial charge >= 0.3 is 47.7 Å². The first-order valence-electron chi connectivity index (χ1n) is 32.3. The summed E-state index contributed by atoms with van der Waals surface area (Å²) in [6.07, 6.45) is 7.87. The number of carboxylic acid groups (broad SMARTS) is 2. The molecule has 504 valence electrons. The molecule has 25 heteroatoms. The van der Waals surface area contributed by atoms with Gasteiger partial charge in [0.15, 0.2) is 17.3 Å². The molecular weight excluding hydrogens is 1230 g/mol. The first kappa shape index (κ1) is 72.9. The number of carboxylic acids is 2. The number of benzene rings is 2. The number of nitrogens with one attached hydrogen (secondary N) is 4. The normalized spacial score (nSPS) is 24.5. The van der Waals surface area contributed by atoms with Gasteiger partial charge in [-0.15, -0.1) is 13.2 Å². The second-order valence-electron chi connectivity index (χ2n) is 28.2. The quantitative estimate of drug-likeness (QED) is 0.0608. The summed E-state index contributed by atoms with van der Waals surface area (Å²) >= 11 is 0. The number of nitrogens with zero attached hydrogens (tertiary/aromatic N) is 4. The molecule has 2 aliphatic heterocycles. The van der Waals surface area contributed by atoms with Crippen LogP contribution in [0.2, 0.25) is 0 Å². The molecule has 2 aromatic carbocycles. The molecule has 95 heavy (non-hydrogen) atoms. The van der Waals surface area contributed by atoms with Crippen molar-refractivity contribution in [3.8, 4) is 11.5 Å². The predicted molar refractivity (Wildman–Crippen MR) is 343 cm³/mol. The monoisotopic (exact) mass is 1320 g/mol. The summed E-state index contributed by atoms with van der Waals surface area (Å²) in [5.41, 5.74) is -1.64. The van der Waals surface area contributed by atoms with E-state index in [1.165, 1.54) is 35.8 Å². The fourth-order valence-electron chi connectivity index (χ4n) is 13.4. The van der Waals surface area contributed by atoms with E-state index in [1.807, 2.05) is 46.8 Å². The molecule has 4 heterocycles. The van der Waals surface area contributed by atoms with Crippen LogP contribution in [0.4, 0.5) is 9.59 Å². The number of likely N-dealkylation sites (tertiary alicyclic amines) is 2. The van der Waals surface area contributed by atoms with Crippen LogP contribution in [-0.4, -0.2) is 157 Å². The largest absolute Gasteiger partial charge is 1.00 e. The van der Waals surface area contributed by atoms with Crippen LogP contribution in [0, 0.1) is 36.5 Å². The van der Waals surface area contributed by atoms with Crippen molar-refractivity contribution in [2.45, 2.75) is 206 Å². The Bertz CT molecular complexity index is 3470. The van der Waals surface area contributed by atoms with Gasteiger partial charge in [0, 0.05) is 47.6 Å².